The fourth-order valence-corrected chi connectivity index (χ4v) is 1.77. The quantitative estimate of drug-likeness (QED) is 0.798. The van der Waals surface area contributed by atoms with Crippen LogP contribution in [0.5, 0.6) is 0 Å². The van der Waals surface area contributed by atoms with Gasteiger partial charge in [-0.3, -0.25) is 9.78 Å². The number of nitrogens with one attached hydrogen (secondary N) is 1. The monoisotopic (exact) mass is 214 g/mol. The second-order valence-electron chi connectivity index (χ2n) is 3.93. The highest BCUT2D eigenvalue weighted by Gasteiger charge is 2.12. The van der Waals surface area contributed by atoms with E-state index in [9.17, 15) is 4.79 Å². The number of pyridine rings is 1. The second-order valence-corrected chi connectivity index (χ2v) is 3.93. The van der Waals surface area contributed by atoms with Crippen LogP contribution in [-0.4, -0.2) is 16.3 Å². The van der Waals surface area contributed by atoms with E-state index in [1.807, 2.05) is 31.3 Å². The summed E-state index contributed by atoms with van der Waals surface area (Å²) in [5, 5.41) is 0. The van der Waals surface area contributed by atoms with Gasteiger partial charge in [-0.05, 0) is 24.6 Å². The molecule has 2 aromatic heterocycles. The van der Waals surface area contributed by atoms with Gasteiger partial charge in [0.1, 0.15) is 0 Å². The first-order chi connectivity index (χ1) is 7.72. The van der Waals surface area contributed by atoms with E-state index in [4.69, 9.17) is 0 Å². The van der Waals surface area contributed by atoms with Gasteiger partial charge in [0.25, 0.3) is 0 Å². The van der Waals surface area contributed by atoms with Crippen molar-refractivity contribution in [2.75, 3.05) is 0 Å². The van der Waals surface area contributed by atoms with E-state index in [0.717, 1.165) is 28.8 Å². The fourth-order valence-electron chi connectivity index (χ4n) is 1.77. The van der Waals surface area contributed by atoms with Crippen molar-refractivity contribution in [1.82, 2.24) is 9.97 Å². The Labute approximate surface area is 94.5 Å². The third kappa shape index (κ3) is 1.89. The van der Waals surface area contributed by atoms with Crippen LogP contribution in [0, 0.1) is 6.92 Å². The van der Waals surface area contributed by atoms with Crippen molar-refractivity contribution < 1.29 is 4.79 Å². The van der Waals surface area contributed by atoms with Crippen LogP contribution in [0.4, 0.5) is 0 Å². The van der Waals surface area contributed by atoms with Crippen molar-refractivity contribution in [2.45, 2.75) is 19.8 Å². The van der Waals surface area contributed by atoms with Crippen LogP contribution in [0.2, 0.25) is 0 Å². The van der Waals surface area contributed by atoms with Crippen molar-refractivity contribution in [3.8, 4) is 0 Å². The second kappa shape index (κ2) is 4.31. The molecule has 3 heteroatoms. The lowest BCUT2D eigenvalue weighted by molar-refractivity contribution is 0.112. The molecule has 2 rings (SSSR count). The van der Waals surface area contributed by atoms with E-state index in [1.165, 1.54) is 0 Å². The molecule has 1 atom stereocenters. The third-order valence-electron chi connectivity index (χ3n) is 2.85. The van der Waals surface area contributed by atoms with Gasteiger partial charge in [0, 0.05) is 35.3 Å². The van der Waals surface area contributed by atoms with E-state index in [2.05, 4.69) is 16.9 Å². The first-order valence-electron chi connectivity index (χ1n) is 5.27. The number of aromatic nitrogens is 2. The summed E-state index contributed by atoms with van der Waals surface area (Å²) in [4.78, 5) is 18.1. The van der Waals surface area contributed by atoms with Crippen LogP contribution in [-0.2, 0) is 0 Å². The number of carbonyl (C=O) groups excluding carboxylic acids is 1. The highest BCUT2D eigenvalue weighted by molar-refractivity contribution is 5.77. The Morgan fingerprint density at radius 2 is 2.31 bits per heavy atom. The Morgan fingerprint density at radius 1 is 1.50 bits per heavy atom. The van der Waals surface area contributed by atoms with Crippen molar-refractivity contribution >= 4 is 6.29 Å². The van der Waals surface area contributed by atoms with Gasteiger partial charge in [-0.1, -0.05) is 13.0 Å². The molecule has 0 saturated heterocycles. The molecule has 0 unspecified atom stereocenters. The summed E-state index contributed by atoms with van der Waals surface area (Å²) in [6.45, 7) is 4.00. The molecule has 1 N–H and O–H groups in total. The number of carbonyl (C=O) groups is 1. The first-order valence-corrected chi connectivity index (χ1v) is 5.27. The number of H-pyrrole nitrogens is 1. The highest BCUT2D eigenvalue weighted by atomic mass is 16.1. The molecule has 0 saturated carbocycles. The summed E-state index contributed by atoms with van der Waals surface area (Å²) in [5.74, 6) is 0.223. The highest BCUT2D eigenvalue weighted by Crippen LogP contribution is 2.23. The van der Waals surface area contributed by atoms with E-state index < -0.39 is 0 Å². The van der Waals surface area contributed by atoms with Crippen LogP contribution in [0.1, 0.15) is 40.2 Å². The zero-order valence-corrected chi connectivity index (χ0v) is 9.40. The normalized spacial score (nSPS) is 12.4. The average Bonchev–Trinajstić information content (AvgIpc) is 2.71. The van der Waals surface area contributed by atoms with Gasteiger partial charge in [0.05, 0.1) is 0 Å². The minimum atomic E-state index is 0.223. The van der Waals surface area contributed by atoms with Crippen LogP contribution in [0.15, 0.2) is 30.6 Å². The molecule has 3 nitrogen and oxygen atoms in total. The zero-order valence-electron chi connectivity index (χ0n) is 9.40. The van der Waals surface area contributed by atoms with Gasteiger partial charge < -0.3 is 4.98 Å². The molecule has 0 aliphatic heterocycles. The summed E-state index contributed by atoms with van der Waals surface area (Å²) in [6, 6.07) is 5.86. The molecule has 82 valence electrons. The molecule has 0 radical (unpaired) electrons. The maximum atomic E-state index is 10.8. The van der Waals surface area contributed by atoms with Gasteiger partial charge in [-0.25, -0.2) is 0 Å². The minimum Gasteiger partial charge on any atom is -0.361 e. The number of nitrogens with zero attached hydrogens (tertiary/aromatic N) is 1. The smallest absolute Gasteiger partial charge is 0.151 e. The van der Waals surface area contributed by atoms with E-state index in [-0.39, 0.29) is 5.92 Å². The Balaban J connectivity index is 2.34. The Hall–Kier alpha value is -1.90. The molecule has 0 amide bonds. The summed E-state index contributed by atoms with van der Waals surface area (Å²) in [7, 11) is 0. The molecule has 2 aromatic rings. The Bertz CT molecular complexity index is 488. The molecule has 0 spiro atoms. The maximum absolute atomic E-state index is 10.8. The SMILES string of the molecule is Cc1[nH]c([C@@H](C)c2cccnc2)cc1C=O. The molecular formula is C13H14N2O. The molecule has 16 heavy (non-hydrogen) atoms. The first kappa shape index (κ1) is 10.6. The Kier molecular flexibility index (Phi) is 2.86. The van der Waals surface area contributed by atoms with Gasteiger partial charge in [-0.15, -0.1) is 0 Å². The topological polar surface area (TPSA) is 45.8 Å². The van der Waals surface area contributed by atoms with Crippen LogP contribution in [0.3, 0.4) is 0 Å². The van der Waals surface area contributed by atoms with Crippen molar-refractivity contribution in [3.05, 3.63) is 53.1 Å². The predicted octanol–water partition coefficient (Wildman–Crippen LogP) is 2.68. The summed E-state index contributed by atoms with van der Waals surface area (Å²) < 4.78 is 0. The number of aldehydes is 1. The summed E-state index contributed by atoms with van der Waals surface area (Å²) in [6.07, 6.45) is 4.49. The lowest BCUT2D eigenvalue weighted by Crippen LogP contribution is -1.96. The molecular weight excluding hydrogens is 200 g/mol. The van der Waals surface area contributed by atoms with Gasteiger partial charge in [-0.2, -0.15) is 0 Å². The maximum Gasteiger partial charge on any atom is 0.151 e. The van der Waals surface area contributed by atoms with Crippen molar-refractivity contribution in [1.29, 1.82) is 0 Å². The lowest BCUT2D eigenvalue weighted by atomic mass is 10.00. The molecule has 0 bridgehead atoms. The van der Waals surface area contributed by atoms with Crippen LogP contribution in [0.25, 0.3) is 0 Å². The number of aromatic amines is 1. The van der Waals surface area contributed by atoms with E-state index >= 15 is 0 Å². The lowest BCUT2D eigenvalue weighted by Gasteiger charge is -2.08. The number of hydrogen-bond donors (Lipinski definition) is 1. The average molecular weight is 214 g/mol. The largest absolute Gasteiger partial charge is 0.361 e. The Morgan fingerprint density at radius 3 is 2.88 bits per heavy atom. The standard InChI is InChI=1S/C13H14N2O/c1-9(11-4-3-5-14-7-11)13-6-12(8-16)10(2)15-13/h3-9,15H,1-2H3/t9-/m0/s1. The molecule has 0 aromatic carbocycles. The van der Waals surface area contributed by atoms with Crippen LogP contribution >= 0.6 is 0 Å². The van der Waals surface area contributed by atoms with E-state index in [0.29, 0.717) is 0 Å². The summed E-state index contributed by atoms with van der Waals surface area (Å²) in [5.41, 5.74) is 3.83. The van der Waals surface area contributed by atoms with Gasteiger partial charge >= 0.3 is 0 Å². The predicted molar refractivity (Wildman–Crippen MR) is 62.7 cm³/mol. The zero-order chi connectivity index (χ0) is 11.5. The third-order valence-corrected chi connectivity index (χ3v) is 2.85. The fraction of sp³-hybridized carbons (Fsp3) is 0.231. The molecule has 0 aliphatic rings. The summed E-state index contributed by atoms with van der Waals surface area (Å²) >= 11 is 0. The van der Waals surface area contributed by atoms with Gasteiger partial charge in [0.15, 0.2) is 6.29 Å². The van der Waals surface area contributed by atoms with Crippen LogP contribution < -0.4 is 0 Å². The molecule has 0 fully saturated rings. The number of hydrogen-bond acceptors (Lipinski definition) is 2. The van der Waals surface area contributed by atoms with Gasteiger partial charge in [0.2, 0.25) is 0 Å². The van der Waals surface area contributed by atoms with Crippen molar-refractivity contribution in [2.24, 2.45) is 0 Å². The van der Waals surface area contributed by atoms with Crippen molar-refractivity contribution in [3.63, 3.8) is 0 Å². The molecule has 2 heterocycles. The number of rotatable bonds is 3. The number of aryl methyl sites for hydroxylation is 1. The minimum absolute atomic E-state index is 0.223. The molecule has 0 aliphatic carbocycles. The van der Waals surface area contributed by atoms with E-state index in [1.54, 1.807) is 6.20 Å².